The van der Waals surface area contributed by atoms with Crippen molar-refractivity contribution in [3.05, 3.63) is 18.5 Å². The molecule has 1 atom stereocenters. The van der Waals surface area contributed by atoms with Gasteiger partial charge in [-0.2, -0.15) is 0 Å². The molecule has 5 heteroatoms. The van der Waals surface area contributed by atoms with Gasteiger partial charge in [0.25, 0.3) is 0 Å². The fourth-order valence-corrected chi connectivity index (χ4v) is 1.19. The highest BCUT2D eigenvalue weighted by Gasteiger charge is 2.18. The smallest absolute Gasteiger partial charge is 0.102 e. The highest BCUT2D eigenvalue weighted by molar-refractivity contribution is 5.53. The van der Waals surface area contributed by atoms with Gasteiger partial charge in [0, 0.05) is 13.1 Å². The number of hydrogen-bond donors (Lipinski definition) is 4. The Morgan fingerprint density at radius 3 is 2.50 bits per heavy atom. The minimum atomic E-state index is -1.12. The van der Waals surface area contributed by atoms with E-state index in [1.807, 2.05) is 13.0 Å². The number of nitrogens with one attached hydrogen (secondary N) is 2. The van der Waals surface area contributed by atoms with E-state index in [-0.39, 0.29) is 13.2 Å². The Labute approximate surface area is 95.5 Å². The molecule has 4 N–H and O–H groups in total. The van der Waals surface area contributed by atoms with Crippen LogP contribution in [0.15, 0.2) is 18.5 Å². The third-order valence-electron chi connectivity index (χ3n) is 2.13. The van der Waals surface area contributed by atoms with Gasteiger partial charge in [0.05, 0.1) is 30.4 Å². The van der Waals surface area contributed by atoms with Crippen molar-refractivity contribution in [2.45, 2.75) is 19.4 Å². The van der Waals surface area contributed by atoms with E-state index >= 15 is 0 Å². The highest BCUT2D eigenvalue weighted by Crippen LogP contribution is 2.13. The Morgan fingerprint density at radius 2 is 1.94 bits per heavy atom. The Kier molecular flexibility index (Phi) is 4.52. The molecule has 0 saturated heterocycles. The first-order valence-corrected chi connectivity index (χ1v) is 5.33. The van der Waals surface area contributed by atoms with E-state index in [1.54, 1.807) is 19.3 Å². The van der Waals surface area contributed by atoms with Crippen LogP contribution < -0.4 is 10.6 Å². The molecule has 90 valence electrons. The van der Waals surface area contributed by atoms with Crippen LogP contribution in [-0.2, 0) is 0 Å². The molecule has 1 heterocycles. The molecule has 0 radical (unpaired) electrons. The number of aromatic nitrogens is 1. The minimum absolute atomic E-state index is 0.277. The number of anilines is 2. The van der Waals surface area contributed by atoms with E-state index in [9.17, 15) is 5.11 Å². The number of hydrogen-bond acceptors (Lipinski definition) is 5. The molecule has 16 heavy (non-hydrogen) atoms. The van der Waals surface area contributed by atoms with Gasteiger partial charge in [0.15, 0.2) is 0 Å². The topological polar surface area (TPSA) is 77.4 Å². The van der Waals surface area contributed by atoms with Gasteiger partial charge in [-0.3, -0.25) is 4.98 Å². The average Bonchev–Trinajstić information content (AvgIpc) is 2.28. The van der Waals surface area contributed by atoms with Crippen LogP contribution in [0, 0.1) is 0 Å². The van der Waals surface area contributed by atoms with Gasteiger partial charge in [-0.1, -0.05) is 0 Å². The van der Waals surface area contributed by atoms with Crippen molar-refractivity contribution in [3.8, 4) is 0 Å². The summed E-state index contributed by atoms with van der Waals surface area (Å²) in [5, 5.41) is 24.7. The quantitative estimate of drug-likeness (QED) is 0.572. The molecule has 0 aliphatic rings. The van der Waals surface area contributed by atoms with E-state index in [2.05, 4.69) is 15.6 Å². The molecule has 1 aromatic heterocycles. The van der Waals surface area contributed by atoms with Crippen LogP contribution >= 0.6 is 0 Å². The van der Waals surface area contributed by atoms with E-state index in [0.29, 0.717) is 0 Å². The lowest BCUT2D eigenvalue weighted by Gasteiger charge is -2.21. The van der Waals surface area contributed by atoms with Gasteiger partial charge in [-0.25, -0.2) is 0 Å². The van der Waals surface area contributed by atoms with E-state index in [0.717, 1.165) is 17.9 Å². The van der Waals surface area contributed by atoms with Gasteiger partial charge < -0.3 is 20.8 Å². The third kappa shape index (κ3) is 4.04. The number of aliphatic hydroxyl groups is 2. The molecule has 0 spiro atoms. The number of rotatable bonds is 6. The van der Waals surface area contributed by atoms with Gasteiger partial charge in [-0.15, -0.1) is 0 Å². The fraction of sp³-hybridized carbons (Fsp3) is 0.545. The Morgan fingerprint density at radius 1 is 1.31 bits per heavy atom. The summed E-state index contributed by atoms with van der Waals surface area (Å²) in [7, 11) is 0. The van der Waals surface area contributed by atoms with Crippen LogP contribution in [0.3, 0.4) is 0 Å². The number of pyridine rings is 1. The Balaban J connectivity index is 2.57. The van der Waals surface area contributed by atoms with Crippen LogP contribution in [0.2, 0.25) is 0 Å². The van der Waals surface area contributed by atoms with Crippen LogP contribution in [0.25, 0.3) is 0 Å². The first-order chi connectivity index (χ1) is 7.57. The van der Waals surface area contributed by atoms with E-state index in [4.69, 9.17) is 5.11 Å². The molecule has 5 nitrogen and oxygen atoms in total. The predicted octanol–water partition coefficient (Wildman–Crippen LogP) is 0.669. The molecule has 0 saturated carbocycles. The number of nitrogens with zero attached hydrogens (tertiary/aromatic N) is 1. The highest BCUT2D eigenvalue weighted by atomic mass is 16.3. The monoisotopic (exact) mass is 225 g/mol. The third-order valence-corrected chi connectivity index (χ3v) is 2.13. The lowest BCUT2D eigenvalue weighted by atomic mass is 10.1. The molecule has 0 amide bonds. The van der Waals surface area contributed by atoms with Crippen molar-refractivity contribution in [1.29, 1.82) is 0 Å². The lowest BCUT2D eigenvalue weighted by Crippen LogP contribution is -2.37. The van der Waals surface area contributed by atoms with Crippen molar-refractivity contribution in [2.75, 3.05) is 30.3 Å². The molecule has 1 unspecified atom stereocenters. The molecule has 1 rings (SSSR count). The second-order valence-electron chi connectivity index (χ2n) is 4.00. The van der Waals surface area contributed by atoms with Crippen LogP contribution in [-0.4, -0.2) is 40.5 Å². The Hall–Kier alpha value is -1.33. The van der Waals surface area contributed by atoms with Gasteiger partial charge in [0.2, 0.25) is 0 Å². The number of aliphatic hydroxyl groups excluding tert-OH is 1. The summed E-state index contributed by atoms with van der Waals surface area (Å²) < 4.78 is 0. The van der Waals surface area contributed by atoms with Gasteiger partial charge in [-0.05, 0) is 19.9 Å². The second kappa shape index (κ2) is 5.67. The normalized spacial score (nSPS) is 14.2. The molecule has 0 aromatic carbocycles. The van der Waals surface area contributed by atoms with Crippen molar-refractivity contribution in [2.24, 2.45) is 0 Å². The van der Waals surface area contributed by atoms with Crippen LogP contribution in [0.4, 0.5) is 11.4 Å². The molecule has 0 bridgehead atoms. The summed E-state index contributed by atoms with van der Waals surface area (Å²) in [6.45, 7) is 4.42. The zero-order valence-electron chi connectivity index (χ0n) is 9.70. The molecule has 0 aliphatic heterocycles. The van der Waals surface area contributed by atoms with Crippen LogP contribution in [0.1, 0.15) is 13.8 Å². The van der Waals surface area contributed by atoms with E-state index in [1.165, 1.54) is 0 Å². The summed E-state index contributed by atoms with van der Waals surface area (Å²) in [5.41, 5.74) is 0.622. The molecule has 1 aromatic rings. The van der Waals surface area contributed by atoms with E-state index < -0.39 is 5.60 Å². The zero-order valence-corrected chi connectivity index (χ0v) is 9.70. The lowest BCUT2D eigenvalue weighted by molar-refractivity contribution is 0.0132. The molecular formula is C11H19N3O2. The van der Waals surface area contributed by atoms with Gasteiger partial charge in [0.1, 0.15) is 5.60 Å². The summed E-state index contributed by atoms with van der Waals surface area (Å²) in [4.78, 5) is 4.06. The second-order valence-corrected chi connectivity index (χ2v) is 4.00. The van der Waals surface area contributed by atoms with Crippen LogP contribution in [0.5, 0.6) is 0 Å². The van der Waals surface area contributed by atoms with Crippen molar-refractivity contribution < 1.29 is 10.2 Å². The molecular weight excluding hydrogens is 206 g/mol. The summed E-state index contributed by atoms with van der Waals surface area (Å²) in [6.07, 6.45) is 3.41. The minimum Gasteiger partial charge on any atom is -0.393 e. The first-order valence-electron chi connectivity index (χ1n) is 5.33. The summed E-state index contributed by atoms with van der Waals surface area (Å²) in [6, 6.07) is 1.91. The first kappa shape index (κ1) is 12.7. The summed E-state index contributed by atoms with van der Waals surface area (Å²) >= 11 is 0. The zero-order chi connectivity index (χ0) is 12.0. The summed E-state index contributed by atoms with van der Waals surface area (Å²) in [5.74, 6) is 0. The van der Waals surface area contributed by atoms with Crippen molar-refractivity contribution in [1.82, 2.24) is 4.98 Å². The maximum atomic E-state index is 9.61. The molecule has 0 fully saturated rings. The van der Waals surface area contributed by atoms with Gasteiger partial charge >= 0.3 is 0 Å². The molecule has 0 aliphatic carbocycles. The van der Waals surface area contributed by atoms with Crippen molar-refractivity contribution >= 4 is 11.4 Å². The predicted molar refractivity (Wildman–Crippen MR) is 64.6 cm³/mol. The maximum Gasteiger partial charge on any atom is 0.102 e. The fourth-order valence-electron chi connectivity index (χ4n) is 1.19. The SMILES string of the molecule is CCNc1cncc(NCC(C)(O)CO)c1. The Bertz CT molecular complexity index is 329. The average molecular weight is 225 g/mol. The standard InChI is InChI=1S/C11H19N3O2/c1-3-13-9-4-10(6-12-5-9)14-7-11(2,16)8-15/h4-6,13-16H,3,7-8H2,1-2H3. The largest absolute Gasteiger partial charge is 0.393 e. The van der Waals surface area contributed by atoms with Crippen molar-refractivity contribution in [3.63, 3.8) is 0 Å². The maximum absolute atomic E-state index is 9.61.